The molecule has 1 atom stereocenters. The molecule has 0 unspecified atom stereocenters. The second kappa shape index (κ2) is 9.19. The predicted molar refractivity (Wildman–Crippen MR) is 106 cm³/mol. The quantitative estimate of drug-likeness (QED) is 0.410. The number of Topliss-reactive ketones (excluding diaryl/α,β-unsaturated/α-hetero) is 1. The van der Waals surface area contributed by atoms with Crippen LogP contribution in [0.4, 0.5) is 0 Å². The van der Waals surface area contributed by atoms with Crippen LogP contribution in [0.1, 0.15) is 28.8 Å². The number of piperidine rings is 1. The van der Waals surface area contributed by atoms with E-state index in [0.717, 1.165) is 43.2 Å². The van der Waals surface area contributed by atoms with Gasteiger partial charge in [0.2, 0.25) is 0 Å². The molecule has 0 aliphatic carbocycles. The van der Waals surface area contributed by atoms with Crippen LogP contribution < -0.4 is 9.47 Å². The van der Waals surface area contributed by atoms with Gasteiger partial charge in [-0.1, -0.05) is 11.8 Å². The van der Waals surface area contributed by atoms with E-state index in [9.17, 15) is 4.79 Å². The van der Waals surface area contributed by atoms with Crippen molar-refractivity contribution in [2.45, 2.75) is 24.5 Å². The number of ketones is 1. The number of ether oxygens (including phenoxy) is 2. The Labute approximate surface area is 164 Å². The molecule has 1 aromatic heterocycles. The maximum absolute atomic E-state index is 13.1. The summed E-state index contributed by atoms with van der Waals surface area (Å²) in [5, 5.41) is 0.775. The number of benzene rings is 1. The lowest BCUT2D eigenvalue weighted by Gasteiger charge is -2.32. The van der Waals surface area contributed by atoms with E-state index in [2.05, 4.69) is 14.9 Å². The standard InChI is InChI=1S/C20H25N3O3S/c1-25-16-6-7-17(18(9-16)26-2)19(24)15-5-4-8-23(13-15)12-14-10-21-20(27-3)22-11-14/h6-7,9-11,15H,4-5,8,12-13H2,1-3H3/t15-/m0/s1. The lowest BCUT2D eigenvalue weighted by atomic mass is 9.89. The van der Waals surface area contributed by atoms with Crippen molar-refractivity contribution in [3.05, 3.63) is 41.7 Å². The van der Waals surface area contributed by atoms with Gasteiger partial charge in [0.15, 0.2) is 10.9 Å². The first kappa shape index (κ1) is 19.6. The normalized spacial score (nSPS) is 17.5. The summed E-state index contributed by atoms with van der Waals surface area (Å²) >= 11 is 1.53. The minimum absolute atomic E-state index is 0.0348. The number of likely N-dealkylation sites (tertiary alicyclic amines) is 1. The topological polar surface area (TPSA) is 64.5 Å². The number of nitrogens with zero attached hydrogens (tertiary/aromatic N) is 3. The average Bonchev–Trinajstić information content (AvgIpc) is 2.73. The maximum atomic E-state index is 13.1. The fraction of sp³-hybridized carbons (Fsp3) is 0.450. The van der Waals surface area contributed by atoms with Gasteiger partial charge in [0, 0.05) is 43.0 Å². The van der Waals surface area contributed by atoms with Crippen molar-refractivity contribution in [3.8, 4) is 11.5 Å². The summed E-state index contributed by atoms with van der Waals surface area (Å²) in [5.41, 5.74) is 1.70. The number of carbonyl (C=O) groups is 1. The van der Waals surface area contributed by atoms with Crippen LogP contribution in [0.5, 0.6) is 11.5 Å². The van der Waals surface area contributed by atoms with E-state index in [1.165, 1.54) is 11.8 Å². The molecule has 2 heterocycles. The highest BCUT2D eigenvalue weighted by Crippen LogP contribution is 2.29. The lowest BCUT2D eigenvalue weighted by Crippen LogP contribution is -2.38. The Morgan fingerprint density at radius 1 is 1.26 bits per heavy atom. The highest BCUT2D eigenvalue weighted by molar-refractivity contribution is 7.98. The molecular weight excluding hydrogens is 362 g/mol. The molecule has 1 aromatic carbocycles. The molecule has 1 saturated heterocycles. The fourth-order valence-corrected chi connectivity index (χ4v) is 3.74. The Balaban J connectivity index is 1.69. The zero-order chi connectivity index (χ0) is 19.2. The molecule has 2 aromatic rings. The van der Waals surface area contributed by atoms with E-state index < -0.39 is 0 Å². The maximum Gasteiger partial charge on any atom is 0.187 e. The molecule has 0 amide bonds. The largest absolute Gasteiger partial charge is 0.497 e. The second-order valence-electron chi connectivity index (χ2n) is 6.58. The molecule has 1 aliphatic heterocycles. The van der Waals surface area contributed by atoms with Gasteiger partial charge >= 0.3 is 0 Å². The smallest absolute Gasteiger partial charge is 0.187 e. The number of thioether (sulfide) groups is 1. The van der Waals surface area contributed by atoms with E-state index in [-0.39, 0.29) is 11.7 Å². The van der Waals surface area contributed by atoms with Gasteiger partial charge < -0.3 is 9.47 Å². The Morgan fingerprint density at radius 3 is 2.70 bits per heavy atom. The van der Waals surface area contributed by atoms with Crippen molar-refractivity contribution in [1.29, 1.82) is 0 Å². The van der Waals surface area contributed by atoms with Crippen LogP contribution in [0.25, 0.3) is 0 Å². The van der Waals surface area contributed by atoms with Crippen molar-refractivity contribution >= 4 is 17.5 Å². The second-order valence-corrected chi connectivity index (χ2v) is 7.36. The number of aromatic nitrogens is 2. The molecule has 6 nitrogen and oxygen atoms in total. The van der Waals surface area contributed by atoms with E-state index in [1.807, 2.05) is 18.6 Å². The highest BCUT2D eigenvalue weighted by Gasteiger charge is 2.28. The zero-order valence-corrected chi connectivity index (χ0v) is 16.8. The molecule has 0 N–H and O–H groups in total. The van der Waals surface area contributed by atoms with Crippen LogP contribution in [0, 0.1) is 5.92 Å². The highest BCUT2D eigenvalue weighted by atomic mass is 32.2. The molecule has 0 spiro atoms. The summed E-state index contributed by atoms with van der Waals surface area (Å²) < 4.78 is 10.6. The van der Waals surface area contributed by atoms with Crippen molar-refractivity contribution in [2.75, 3.05) is 33.6 Å². The van der Waals surface area contributed by atoms with Crippen LogP contribution >= 0.6 is 11.8 Å². The molecule has 7 heteroatoms. The zero-order valence-electron chi connectivity index (χ0n) is 16.0. The fourth-order valence-electron chi connectivity index (χ4n) is 3.42. The first-order valence-electron chi connectivity index (χ1n) is 8.98. The molecule has 0 radical (unpaired) electrons. The summed E-state index contributed by atoms with van der Waals surface area (Å²) in [4.78, 5) is 24.1. The van der Waals surface area contributed by atoms with Gasteiger partial charge in [0.05, 0.1) is 19.8 Å². The molecule has 3 rings (SSSR count). The Kier molecular flexibility index (Phi) is 6.68. The predicted octanol–water partition coefficient (Wildman–Crippen LogP) is 3.31. The van der Waals surface area contributed by atoms with Gasteiger partial charge in [-0.15, -0.1) is 0 Å². The molecule has 27 heavy (non-hydrogen) atoms. The van der Waals surface area contributed by atoms with Crippen molar-refractivity contribution in [1.82, 2.24) is 14.9 Å². The Bertz CT molecular complexity index is 783. The van der Waals surface area contributed by atoms with Gasteiger partial charge in [-0.05, 0) is 37.8 Å². The van der Waals surface area contributed by atoms with E-state index in [1.54, 1.807) is 32.4 Å². The molecule has 144 valence electrons. The van der Waals surface area contributed by atoms with Gasteiger partial charge in [0.25, 0.3) is 0 Å². The molecule has 1 fully saturated rings. The van der Waals surface area contributed by atoms with Gasteiger partial charge in [-0.2, -0.15) is 0 Å². The average molecular weight is 388 g/mol. The van der Waals surface area contributed by atoms with Gasteiger partial charge in [-0.25, -0.2) is 9.97 Å². The minimum Gasteiger partial charge on any atom is -0.497 e. The molecule has 1 aliphatic rings. The van der Waals surface area contributed by atoms with Crippen LogP contribution in [0.3, 0.4) is 0 Å². The number of methoxy groups -OCH3 is 2. The van der Waals surface area contributed by atoms with Crippen molar-refractivity contribution in [3.63, 3.8) is 0 Å². The number of hydrogen-bond donors (Lipinski definition) is 0. The number of rotatable bonds is 7. The SMILES string of the molecule is COc1ccc(C(=O)[C@H]2CCCN(Cc3cnc(SC)nc3)C2)c(OC)c1. The number of hydrogen-bond acceptors (Lipinski definition) is 7. The first-order valence-corrected chi connectivity index (χ1v) is 10.2. The van der Waals surface area contributed by atoms with E-state index >= 15 is 0 Å². The van der Waals surface area contributed by atoms with Crippen LogP contribution in [-0.4, -0.2) is 54.2 Å². The summed E-state index contributed by atoms with van der Waals surface area (Å²) in [6.07, 6.45) is 7.60. The minimum atomic E-state index is -0.0348. The third-order valence-corrected chi connectivity index (χ3v) is 5.40. The van der Waals surface area contributed by atoms with Crippen LogP contribution in [0.15, 0.2) is 35.7 Å². The summed E-state index contributed by atoms with van der Waals surface area (Å²) in [5.74, 6) is 1.35. The summed E-state index contributed by atoms with van der Waals surface area (Å²) in [6.45, 7) is 2.48. The monoisotopic (exact) mass is 387 g/mol. The van der Waals surface area contributed by atoms with Crippen molar-refractivity contribution in [2.24, 2.45) is 5.92 Å². The molecule has 0 saturated carbocycles. The van der Waals surface area contributed by atoms with Crippen molar-refractivity contribution < 1.29 is 14.3 Å². The Hall–Kier alpha value is -2.12. The third kappa shape index (κ3) is 4.78. The first-order chi connectivity index (χ1) is 13.1. The summed E-state index contributed by atoms with van der Waals surface area (Å²) in [7, 11) is 3.18. The molecule has 0 bridgehead atoms. The van der Waals surface area contributed by atoms with E-state index in [4.69, 9.17) is 9.47 Å². The molecular formula is C20H25N3O3S. The van der Waals surface area contributed by atoms with Gasteiger partial charge in [-0.3, -0.25) is 9.69 Å². The number of carbonyl (C=O) groups excluding carboxylic acids is 1. The van der Waals surface area contributed by atoms with Gasteiger partial charge in [0.1, 0.15) is 11.5 Å². The summed E-state index contributed by atoms with van der Waals surface area (Å²) in [6, 6.07) is 5.37. The Morgan fingerprint density at radius 2 is 2.04 bits per heavy atom. The van der Waals surface area contributed by atoms with Crippen LogP contribution in [0.2, 0.25) is 0 Å². The lowest BCUT2D eigenvalue weighted by molar-refractivity contribution is 0.0808. The van der Waals surface area contributed by atoms with E-state index in [0.29, 0.717) is 17.1 Å². The van der Waals surface area contributed by atoms with Crippen LogP contribution in [-0.2, 0) is 6.54 Å². The third-order valence-electron chi connectivity index (χ3n) is 4.82.